The van der Waals surface area contributed by atoms with Gasteiger partial charge in [-0.25, -0.2) is 0 Å². The number of hydrogen-bond acceptors (Lipinski definition) is 3. The van der Waals surface area contributed by atoms with Gasteiger partial charge in [-0.2, -0.15) is 0 Å². The second-order valence-corrected chi connectivity index (χ2v) is 8.99. The monoisotopic (exact) mass is 474 g/mol. The zero-order valence-electron chi connectivity index (χ0n) is 16.1. The van der Waals surface area contributed by atoms with Crippen LogP contribution in [0.4, 0.5) is 0 Å². The molecule has 5 rings (SSSR count). The van der Waals surface area contributed by atoms with Gasteiger partial charge in [0.25, 0.3) is 0 Å². The lowest BCUT2D eigenvalue weighted by Crippen LogP contribution is -2.69. The SMILES string of the molecule is CCN=C(NC1CCN(C2CC2)C1)NC1C2CCOC2C12CCCC2.I. The molecular weight excluding hydrogens is 439 g/mol. The third-order valence-electron chi connectivity index (χ3n) is 7.52. The summed E-state index contributed by atoms with van der Waals surface area (Å²) in [5.74, 6) is 1.76. The van der Waals surface area contributed by atoms with E-state index in [1.54, 1.807) is 0 Å². The van der Waals surface area contributed by atoms with Gasteiger partial charge >= 0.3 is 0 Å². The molecule has 4 atom stereocenters. The third-order valence-corrected chi connectivity index (χ3v) is 7.52. The van der Waals surface area contributed by atoms with Gasteiger partial charge in [0.2, 0.25) is 0 Å². The lowest BCUT2D eigenvalue weighted by atomic mass is 9.54. The minimum Gasteiger partial charge on any atom is -0.377 e. The molecule has 4 unspecified atom stereocenters. The van der Waals surface area contributed by atoms with Gasteiger partial charge in [-0.15, -0.1) is 24.0 Å². The first-order valence-corrected chi connectivity index (χ1v) is 10.7. The molecule has 2 aliphatic heterocycles. The molecular formula is C20H35IN4O. The number of halogens is 1. The van der Waals surface area contributed by atoms with E-state index in [-0.39, 0.29) is 24.0 Å². The van der Waals surface area contributed by atoms with E-state index in [9.17, 15) is 0 Å². The van der Waals surface area contributed by atoms with Gasteiger partial charge in [0.15, 0.2) is 5.96 Å². The Morgan fingerprint density at radius 1 is 1.15 bits per heavy atom. The number of rotatable bonds is 4. The van der Waals surface area contributed by atoms with E-state index in [1.807, 2.05) is 0 Å². The van der Waals surface area contributed by atoms with Crippen LogP contribution in [0.2, 0.25) is 0 Å². The average Bonchev–Trinajstić information content (AvgIpc) is 3.05. The van der Waals surface area contributed by atoms with Crippen molar-refractivity contribution in [1.29, 1.82) is 0 Å². The van der Waals surface area contributed by atoms with Crippen molar-refractivity contribution < 1.29 is 4.74 Å². The van der Waals surface area contributed by atoms with E-state index in [0.717, 1.165) is 25.2 Å². The van der Waals surface area contributed by atoms with E-state index in [2.05, 4.69) is 22.5 Å². The lowest BCUT2D eigenvalue weighted by Gasteiger charge is -2.57. The molecule has 2 saturated heterocycles. The molecule has 148 valence electrons. The fourth-order valence-corrected chi connectivity index (χ4v) is 6.21. The van der Waals surface area contributed by atoms with Gasteiger partial charge < -0.3 is 15.4 Å². The molecule has 5 nitrogen and oxygen atoms in total. The summed E-state index contributed by atoms with van der Waals surface area (Å²) in [5, 5.41) is 7.66. The zero-order valence-corrected chi connectivity index (χ0v) is 18.4. The summed E-state index contributed by atoms with van der Waals surface area (Å²) in [6.45, 7) is 6.40. The summed E-state index contributed by atoms with van der Waals surface area (Å²) in [6.07, 6.45) is 11.2. The first kappa shape index (κ1) is 19.2. The standard InChI is InChI=1S/C20H34N4O.HI/c1-2-21-19(22-14-7-11-24(13-14)15-5-6-15)23-17-16-8-12-25-18(16)20(17)9-3-4-10-20;/h14-18H,2-13H2,1H3,(H2,21,22,23);1H. The van der Waals surface area contributed by atoms with Crippen LogP contribution in [0.25, 0.3) is 0 Å². The first-order chi connectivity index (χ1) is 12.3. The Morgan fingerprint density at radius 2 is 1.96 bits per heavy atom. The van der Waals surface area contributed by atoms with Crippen LogP contribution in [0, 0.1) is 11.3 Å². The molecule has 26 heavy (non-hydrogen) atoms. The number of ether oxygens (including phenoxy) is 1. The van der Waals surface area contributed by atoms with Crippen molar-refractivity contribution >= 4 is 29.9 Å². The van der Waals surface area contributed by atoms with Gasteiger partial charge in [0, 0.05) is 55.7 Å². The highest BCUT2D eigenvalue weighted by molar-refractivity contribution is 14.0. The minimum absolute atomic E-state index is 0. The molecule has 0 bridgehead atoms. The number of aliphatic imine (C=N–C) groups is 1. The van der Waals surface area contributed by atoms with Crippen molar-refractivity contribution in [2.24, 2.45) is 16.3 Å². The number of guanidine groups is 1. The topological polar surface area (TPSA) is 48.9 Å². The number of hydrogen-bond donors (Lipinski definition) is 2. The maximum absolute atomic E-state index is 6.14. The number of nitrogens with zero attached hydrogens (tertiary/aromatic N) is 2. The molecule has 2 N–H and O–H groups in total. The van der Waals surface area contributed by atoms with Crippen LogP contribution in [0.1, 0.15) is 58.3 Å². The van der Waals surface area contributed by atoms with Crippen LogP contribution in [0.3, 0.4) is 0 Å². The Labute approximate surface area is 175 Å². The van der Waals surface area contributed by atoms with Crippen molar-refractivity contribution in [3.63, 3.8) is 0 Å². The Hall–Kier alpha value is -0.0800. The Balaban J connectivity index is 0.00000168. The van der Waals surface area contributed by atoms with Crippen LogP contribution in [0.5, 0.6) is 0 Å². The molecule has 3 saturated carbocycles. The third kappa shape index (κ3) is 3.28. The first-order valence-electron chi connectivity index (χ1n) is 10.7. The highest BCUT2D eigenvalue weighted by Crippen LogP contribution is 2.60. The maximum atomic E-state index is 6.14. The summed E-state index contributed by atoms with van der Waals surface area (Å²) < 4.78 is 6.14. The Morgan fingerprint density at radius 3 is 2.69 bits per heavy atom. The highest BCUT2D eigenvalue weighted by atomic mass is 127. The largest absolute Gasteiger partial charge is 0.377 e. The summed E-state index contributed by atoms with van der Waals surface area (Å²) >= 11 is 0. The minimum atomic E-state index is 0. The van der Waals surface area contributed by atoms with Gasteiger partial charge in [-0.05, 0) is 45.4 Å². The van der Waals surface area contributed by atoms with Crippen molar-refractivity contribution in [3.8, 4) is 0 Å². The summed E-state index contributed by atoms with van der Waals surface area (Å²) in [5.41, 5.74) is 0.396. The number of nitrogens with one attached hydrogen (secondary N) is 2. The molecule has 0 aromatic rings. The maximum Gasteiger partial charge on any atom is 0.191 e. The van der Waals surface area contributed by atoms with E-state index in [1.165, 1.54) is 64.5 Å². The van der Waals surface area contributed by atoms with Crippen LogP contribution in [0.15, 0.2) is 4.99 Å². The average molecular weight is 474 g/mol. The molecule has 0 radical (unpaired) electrons. The second-order valence-electron chi connectivity index (χ2n) is 8.99. The Kier molecular flexibility index (Phi) is 5.73. The number of likely N-dealkylation sites (tertiary alicyclic amines) is 1. The molecule has 5 aliphatic rings. The predicted octanol–water partition coefficient (Wildman–Crippen LogP) is 2.74. The van der Waals surface area contributed by atoms with Crippen LogP contribution in [-0.2, 0) is 4.74 Å². The summed E-state index contributed by atoms with van der Waals surface area (Å²) in [4.78, 5) is 7.47. The molecule has 0 amide bonds. The summed E-state index contributed by atoms with van der Waals surface area (Å²) in [6, 6.07) is 2.02. The normalized spacial score (nSPS) is 38.7. The van der Waals surface area contributed by atoms with Gasteiger partial charge in [0.05, 0.1) is 6.10 Å². The molecule has 6 heteroatoms. The number of fused-ring (bicyclic) bond motifs is 2. The predicted molar refractivity (Wildman–Crippen MR) is 115 cm³/mol. The van der Waals surface area contributed by atoms with Crippen LogP contribution < -0.4 is 10.6 Å². The molecule has 5 fully saturated rings. The van der Waals surface area contributed by atoms with Crippen molar-refractivity contribution in [1.82, 2.24) is 15.5 Å². The van der Waals surface area contributed by atoms with Crippen molar-refractivity contribution in [2.45, 2.75) is 82.5 Å². The van der Waals surface area contributed by atoms with Gasteiger partial charge in [-0.3, -0.25) is 9.89 Å². The molecule has 0 aromatic carbocycles. The smallest absolute Gasteiger partial charge is 0.191 e. The fraction of sp³-hybridized carbons (Fsp3) is 0.950. The van der Waals surface area contributed by atoms with Crippen molar-refractivity contribution in [3.05, 3.63) is 0 Å². The molecule has 2 heterocycles. The van der Waals surface area contributed by atoms with Crippen LogP contribution in [-0.4, -0.2) is 61.3 Å². The van der Waals surface area contributed by atoms with Crippen molar-refractivity contribution in [2.75, 3.05) is 26.2 Å². The lowest BCUT2D eigenvalue weighted by molar-refractivity contribution is -0.125. The van der Waals surface area contributed by atoms with Crippen LogP contribution >= 0.6 is 24.0 Å². The quantitative estimate of drug-likeness (QED) is 0.374. The van der Waals surface area contributed by atoms with E-state index >= 15 is 0 Å². The molecule has 3 aliphatic carbocycles. The van der Waals surface area contributed by atoms with Gasteiger partial charge in [0.1, 0.15) is 0 Å². The van der Waals surface area contributed by atoms with E-state index in [0.29, 0.717) is 29.5 Å². The highest BCUT2D eigenvalue weighted by Gasteiger charge is 2.65. The van der Waals surface area contributed by atoms with E-state index in [4.69, 9.17) is 9.73 Å². The summed E-state index contributed by atoms with van der Waals surface area (Å²) in [7, 11) is 0. The molecule has 0 aromatic heterocycles. The van der Waals surface area contributed by atoms with E-state index < -0.39 is 0 Å². The fourth-order valence-electron chi connectivity index (χ4n) is 6.21. The van der Waals surface area contributed by atoms with Gasteiger partial charge in [-0.1, -0.05) is 12.8 Å². The zero-order chi connectivity index (χ0) is 16.9. The Bertz CT molecular complexity index is 532. The molecule has 1 spiro atoms. The second kappa shape index (κ2) is 7.74.